The summed E-state index contributed by atoms with van der Waals surface area (Å²) in [7, 11) is -3.75. The van der Waals surface area contributed by atoms with Gasteiger partial charge in [0.1, 0.15) is 5.82 Å². The van der Waals surface area contributed by atoms with Crippen LogP contribution in [0.3, 0.4) is 0 Å². The van der Waals surface area contributed by atoms with E-state index < -0.39 is 15.8 Å². The molecule has 2 heterocycles. The molecular weight excluding hydrogens is 375 g/mol. The van der Waals surface area contributed by atoms with Crippen LogP contribution in [0.15, 0.2) is 46.7 Å². The topological polar surface area (TPSA) is 57.7 Å². The van der Waals surface area contributed by atoms with Crippen molar-refractivity contribution in [2.75, 3.05) is 26.2 Å². The summed E-state index contributed by atoms with van der Waals surface area (Å²) in [5.41, 5.74) is 1.12. The lowest BCUT2D eigenvalue weighted by atomic mass is 10.2. The Morgan fingerprint density at radius 3 is 2.54 bits per heavy atom. The van der Waals surface area contributed by atoms with Crippen molar-refractivity contribution in [1.29, 1.82) is 0 Å². The van der Waals surface area contributed by atoms with E-state index in [-0.39, 0.29) is 23.9 Å². The standard InChI is InChI=1S/C18H19FN2O3S2/c1-14-7-12-25-17(14)5-6-18(22)20-8-10-21(11-9-20)26(23,24)16-4-2-3-15(19)13-16/h2-7,12-13H,8-11H2,1H3/b6-5+. The van der Waals surface area contributed by atoms with Gasteiger partial charge in [0.05, 0.1) is 4.90 Å². The lowest BCUT2D eigenvalue weighted by Gasteiger charge is -2.33. The third kappa shape index (κ3) is 4.03. The van der Waals surface area contributed by atoms with Crippen LogP contribution in [0.25, 0.3) is 6.08 Å². The van der Waals surface area contributed by atoms with Gasteiger partial charge in [-0.15, -0.1) is 11.3 Å². The maximum absolute atomic E-state index is 13.3. The van der Waals surface area contributed by atoms with Gasteiger partial charge in [-0.25, -0.2) is 12.8 Å². The van der Waals surface area contributed by atoms with Crippen LogP contribution in [0.2, 0.25) is 0 Å². The molecule has 0 saturated carbocycles. The molecule has 0 bridgehead atoms. The Morgan fingerprint density at radius 2 is 1.92 bits per heavy atom. The van der Waals surface area contributed by atoms with Crippen molar-refractivity contribution in [3.05, 3.63) is 58.0 Å². The van der Waals surface area contributed by atoms with Gasteiger partial charge < -0.3 is 4.90 Å². The number of benzene rings is 1. The zero-order valence-electron chi connectivity index (χ0n) is 14.3. The summed E-state index contributed by atoms with van der Waals surface area (Å²) in [6.45, 7) is 2.98. The molecule has 0 unspecified atom stereocenters. The van der Waals surface area contributed by atoms with Gasteiger partial charge in [-0.05, 0) is 48.2 Å². The van der Waals surface area contributed by atoms with Crippen LogP contribution in [-0.4, -0.2) is 49.7 Å². The maximum Gasteiger partial charge on any atom is 0.246 e. The van der Waals surface area contributed by atoms with Gasteiger partial charge in [0.15, 0.2) is 0 Å². The summed E-state index contributed by atoms with van der Waals surface area (Å²) in [4.78, 5) is 14.9. The Kier molecular flexibility index (Phi) is 5.55. The quantitative estimate of drug-likeness (QED) is 0.750. The Bertz CT molecular complexity index is 929. The number of hydrogen-bond donors (Lipinski definition) is 0. The van der Waals surface area contributed by atoms with E-state index in [0.717, 1.165) is 16.5 Å². The number of carbonyl (C=O) groups excluding carboxylic acids is 1. The minimum absolute atomic E-state index is 0.0645. The average Bonchev–Trinajstić information content (AvgIpc) is 3.05. The lowest BCUT2D eigenvalue weighted by Crippen LogP contribution is -2.50. The molecule has 2 aromatic rings. The first-order chi connectivity index (χ1) is 12.4. The second-order valence-corrected chi connectivity index (χ2v) is 8.87. The van der Waals surface area contributed by atoms with Crippen LogP contribution < -0.4 is 0 Å². The SMILES string of the molecule is Cc1ccsc1/C=C/C(=O)N1CCN(S(=O)(=O)c2cccc(F)c2)CC1. The molecular formula is C18H19FN2O3S2. The van der Waals surface area contributed by atoms with Gasteiger partial charge in [0, 0.05) is 37.1 Å². The van der Waals surface area contributed by atoms with Crippen LogP contribution in [0.1, 0.15) is 10.4 Å². The summed E-state index contributed by atoms with van der Waals surface area (Å²) in [5, 5.41) is 1.97. The highest BCUT2D eigenvalue weighted by molar-refractivity contribution is 7.89. The summed E-state index contributed by atoms with van der Waals surface area (Å²) in [5.74, 6) is -0.727. The molecule has 1 aromatic heterocycles. The smallest absolute Gasteiger partial charge is 0.246 e. The summed E-state index contributed by atoms with van der Waals surface area (Å²) < 4.78 is 39.8. The number of amides is 1. The highest BCUT2D eigenvalue weighted by Gasteiger charge is 2.29. The number of nitrogens with zero attached hydrogens (tertiary/aromatic N) is 2. The molecule has 5 nitrogen and oxygen atoms in total. The molecule has 1 saturated heterocycles. The summed E-state index contributed by atoms with van der Waals surface area (Å²) in [6, 6.07) is 6.96. The number of carbonyl (C=O) groups is 1. The molecule has 138 valence electrons. The zero-order valence-corrected chi connectivity index (χ0v) is 15.9. The number of halogens is 1. The monoisotopic (exact) mass is 394 g/mol. The minimum Gasteiger partial charge on any atom is -0.337 e. The van der Waals surface area contributed by atoms with E-state index in [0.29, 0.717) is 13.1 Å². The van der Waals surface area contributed by atoms with E-state index in [1.165, 1.54) is 28.6 Å². The molecule has 1 fully saturated rings. The van der Waals surface area contributed by atoms with Crippen LogP contribution in [0, 0.1) is 12.7 Å². The van der Waals surface area contributed by atoms with E-state index in [2.05, 4.69) is 0 Å². The third-order valence-electron chi connectivity index (χ3n) is 4.26. The van der Waals surface area contributed by atoms with Gasteiger partial charge >= 0.3 is 0 Å². The molecule has 8 heteroatoms. The van der Waals surface area contributed by atoms with E-state index in [1.54, 1.807) is 22.3 Å². The number of sulfonamides is 1. The first-order valence-electron chi connectivity index (χ1n) is 8.15. The van der Waals surface area contributed by atoms with Gasteiger partial charge in [-0.3, -0.25) is 4.79 Å². The molecule has 1 aromatic carbocycles. The van der Waals surface area contributed by atoms with Crippen molar-refractivity contribution in [3.8, 4) is 0 Å². The van der Waals surface area contributed by atoms with Crippen LogP contribution in [0.4, 0.5) is 4.39 Å². The number of rotatable bonds is 4. The highest BCUT2D eigenvalue weighted by Crippen LogP contribution is 2.20. The first kappa shape index (κ1) is 18.8. The molecule has 26 heavy (non-hydrogen) atoms. The average molecular weight is 394 g/mol. The summed E-state index contributed by atoms with van der Waals surface area (Å²) >= 11 is 1.56. The van der Waals surface area contributed by atoms with Crippen molar-refractivity contribution in [3.63, 3.8) is 0 Å². The molecule has 0 atom stereocenters. The summed E-state index contributed by atoms with van der Waals surface area (Å²) in [6.07, 6.45) is 3.31. The Labute approximate surface area is 156 Å². The van der Waals surface area contributed by atoms with E-state index in [9.17, 15) is 17.6 Å². The van der Waals surface area contributed by atoms with Gasteiger partial charge in [0.25, 0.3) is 0 Å². The van der Waals surface area contributed by atoms with E-state index >= 15 is 0 Å². The molecule has 0 radical (unpaired) electrons. The van der Waals surface area contributed by atoms with Gasteiger partial charge in [-0.1, -0.05) is 6.07 Å². The Hall–Kier alpha value is -2.03. The zero-order chi connectivity index (χ0) is 18.7. The normalized spacial score (nSPS) is 16.3. The van der Waals surface area contributed by atoms with E-state index in [4.69, 9.17) is 0 Å². The fraction of sp³-hybridized carbons (Fsp3) is 0.278. The molecule has 1 aliphatic rings. The van der Waals surface area contributed by atoms with Gasteiger partial charge in [-0.2, -0.15) is 4.31 Å². The van der Waals surface area contributed by atoms with Gasteiger partial charge in [0.2, 0.25) is 15.9 Å². The number of piperazine rings is 1. The van der Waals surface area contributed by atoms with Crippen molar-refractivity contribution in [1.82, 2.24) is 9.21 Å². The third-order valence-corrected chi connectivity index (χ3v) is 7.14. The fourth-order valence-corrected chi connectivity index (χ4v) is 5.01. The molecule has 1 amide bonds. The lowest BCUT2D eigenvalue weighted by molar-refractivity contribution is -0.127. The Balaban J connectivity index is 1.63. The largest absolute Gasteiger partial charge is 0.337 e. The van der Waals surface area contributed by atoms with Crippen LogP contribution in [0.5, 0.6) is 0 Å². The van der Waals surface area contributed by atoms with E-state index in [1.807, 2.05) is 18.4 Å². The van der Waals surface area contributed by atoms with Crippen molar-refractivity contribution in [2.45, 2.75) is 11.8 Å². The fourth-order valence-electron chi connectivity index (χ4n) is 2.73. The molecule has 0 spiro atoms. The highest BCUT2D eigenvalue weighted by atomic mass is 32.2. The predicted molar refractivity (Wildman–Crippen MR) is 99.8 cm³/mol. The van der Waals surface area contributed by atoms with Crippen LogP contribution in [-0.2, 0) is 14.8 Å². The second kappa shape index (κ2) is 7.69. The molecule has 3 rings (SSSR count). The molecule has 0 N–H and O–H groups in total. The minimum atomic E-state index is -3.75. The van der Waals surface area contributed by atoms with Crippen molar-refractivity contribution >= 4 is 33.3 Å². The Morgan fingerprint density at radius 1 is 1.19 bits per heavy atom. The second-order valence-electron chi connectivity index (χ2n) is 5.99. The number of aryl methyl sites for hydroxylation is 1. The number of thiophene rings is 1. The molecule has 1 aliphatic heterocycles. The van der Waals surface area contributed by atoms with Crippen molar-refractivity contribution in [2.24, 2.45) is 0 Å². The first-order valence-corrected chi connectivity index (χ1v) is 10.5. The maximum atomic E-state index is 13.3. The van der Waals surface area contributed by atoms with Crippen LogP contribution >= 0.6 is 11.3 Å². The predicted octanol–water partition coefficient (Wildman–Crippen LogP) is 2.74. The van der Waals surface area contributed by atoms with Crippen molar-refractivity contribution < 1.29 is 17.6 Å². The number of hydrogen-bond acceptors (Lipinski definition) is 4. The molecule has 0 aliphatic carbocycles.